The van der Waals surface area contributed by atoms with E-state index in [1.165, 1.54) is 16.4 Å². The Hall–Kier alpha value is -1.11. The molecule has 0 aliphatic heterocycles. The van der Waals surface area contributed by atoms with E-state index in [2.05, 4.69) is 5.32 Å². The van der Waals surface area contributed by atoms with Gasteiger partial charge in [-0.05, 0) is 18.2 Å². The monoisotopic (exact) mass is 318 g/mol. The Morgan fingerprint density at radius 2 is 1.95 bits per heavy atom. The minimum atomic E-state index is -3.52. The van der Waals surface area contributed by atoms with Crippen LogP contribution in [0.3, 0.4) is 0 Å². The van der Waals surface area contributed by atoms with Crippen molar-refractivity contribution < 1.29 is 13.2 Å². The van der Waals surface area contributed by atoms with Gasteiger partial charge in [0.15, 0.2) is 0 Å². The van der Waals surface area contributed by atoms with Gasteiger partial charge in [-0.2, -0.15) is 4.31 Å². The van der Waals surface area contributed by atoms with Crippen molar-refractivity contribution in [3.8, 4) is 0 Å². The van der Waals surface area contributed by atoms with Crippen molar-refractivity contribution in [3.63, 3.8) is 0 Å². The van der Waals surface area contributed by atoms with E-state index in [1.54, 1.807) is 26.0 Å². The van der Waals surface area contributed by atoms with Crippen LogP contribution in [0.1, 0.15) is 20.3 Å². The van der Waals surface area contributed by atoms with E-state index in [0.29, 0.717) is 18.8 Å². The average Bonchev–Trinajstić information content (AvgIpc) is 2.40. The average molecular weight is 319 g/mol. The minimum absolute atomic E-state index is 0.171. The molecule has 1 aromatic carbocycles. The number of anilines is 1. The first-order chi connectivity index (χ1) is 9.45. The van der Waals surface area contributed by atoms with Gasteiger partial charge >= 0.3 is 0 Å². The number of carbonyl (C=O) groups is 1. The van der Waals surface area contributed by atoms with Crippen LogP contribution < -0.4 is 5.32 Å². The molecule has 0 spiro atoms. The second-order valence-electron chi connectivity index (χ2n) is 4.10. The van der Waals surface area contributed by atoms with E-state index in [9.17, 15) is 13.2 Å². The summed E-state index contributed by atoms with van der Waals surface area (Å²) in [7, 11) is -3.52. The maximum absolute atomic E-state index is 12.4. The number of hydrogen-bond acceptors (Lipinski definition) is 3. The second kappa shape index (κ2) is 7.61. The van der Waals surface area contributed by atoms with Crippen molar-refractivity contribution in [2.75, 3.05) is 24.3 Å². The van der Waals surface area contributed by atoms with E-state index in [4.69, 9.17) is 11.6 Å². The number of amides is 1. The van der Waals surface area contributed by atoms with Gasteiger partial charge in [-0.3, -0.25) is 4.79 Å². The molecule has 0 bridgehead atoms. The van der Waals surface area contributed by atoms with Crippen LogP contribution >= 0.6 is 11.6 Å². The first-order valence-electron chi connectivity index (χ1n) is 6.41. The first kappa shape index (κ1) is 16.9. The van der Waals surface area contributed by atoms with E-state index in [0.717, 1.165) is 0 Å². The van der Waals surface area contributed by atoms with Gasteiger partial charge in [0.25, 0.3) is 0 Å². The van der Waals surface area contributed by atoms with Gasteiger partial charge in [-0.15, -0.1) is 11.6 Å². The molecule has 0 radical (unpaired) electrons. The van der Waals surface area contributed by atoms with Crippen LogP contribution in [0.4, 0.5) is 5.69 Å². The van der Waals surface area contributed by atoms with Gasteiger partial charge in [0.05, 0.1) is 4.90 Å². The topological polar surface area (TPSA) is 66.5 Å². The number of nitrogens with zero attached hydrogens (tertiary/aromatic N) is 1. The lowest BCUT2D eigenvalue weighted by Gasteiger charge is -2.18. The summed E-state index contributed by atoms with van der Waals surface area (Å²) < 4.78 is 26.1. The molecule has 0 aliphatic rings. The Morgan fingerprint density at radius 1 is 1.30 bits per heavy atom. The Balaban J connectivity index is 3.01. The minimum Gasteiger partial charge on any atom is -0.326 e. The summed E-state index contributed by atoms with van der Waals surface area (Å²) >= 11 is 5.48. The molecule has 0 saturated heterocycles. The van der Waals surface area contributed by atoms with Gasteiger partial charge in [0.2, 0.25) is 15.9 Å². The molecular formula is C13H19ClN2O3S. The summed E-state index contributed by atoms with van der Waals surface area (Å²) in [6, 6.07) is 6.23. The van der Waals surface area contributed by atoms with E-state index < -0.39 is 10.0 Å². The summed E-state index contributed by atoms with van der Waals surface area (Å²) in [5.74, 6) is -0.0131. The Kier molecular flexibility index (Phi) is 6.45. The van der Waals surface area contributed by atoms with Gasteiger partial charge in [0.1, 0.15) is 0 Å². The number of benzene rings is 1. The van der Waals surface area contributed by atoms with Crippen molar-refractivity contribution in [2.24, 2.45) is 0 Å². The molecule has 1 rings (SSSR count). The molecule has 0 atom stereocenters. The molecule has 0 aromatic heterocycles. The van der Waals surface area contributed by atoms with Crippen molar-refractivity contribution >= 4 is 33.2 Å². The van der Waals surface area contributed by atoms with Crippen LogP contribution in [0.5, 0.6) is 0 Å². The molecule has 0 aliphatic carbocycles. The Morgan fingerprint density at radius 3 is 2.50 bits per heavy atom. The van der Waals surface area contributed by atoms with E-state index in [1.807, 2.05) is 0 Å². The summed E-state index contributed by atoms with van der Waals surface area (Å²) in [6.07, 6.45) is 0.189. The first-order valence-corrected chi connectivity index (χ1v) is 8.39. The van der Waals surface area contributed by atoms with Crippen molar-refractivity contribution in [3.05, 3.63) is 24.3 Å². The summed E-state index contributed by atoms with van der Waals surface area (Å²) in [5.41, 5.74) is 0.452. The highest BCUT2D eigenvalue weighted by molar-refractivity contribution is 7.89. The van der Waals surface area contributed by atoms with Crippen LogP contribution in [-0.2, 0) is 14.8 Å². The molecule has 0 fully saturated rings. The zero-order chi connectivity index (χ0) is 15.2. The lowest BCUT2D eigenvalue weighted by atomic mass is 10.3. The standard InChI is InChI=1S/C13H19ClN2O3S/c1-3-16(4-2)20(18,19)12-7-5-6-11(10-12)15-13(17)8-9-14/h5-7,10H,3-4,8-9H2,1-2H3,(H,15,17). The quantitative estimate of drug-likeness (QED) is 0.784. The maximum atomic E-state index is 12.4. The number of rotatable bonds is 7. The third kappa shape index (κ3) is 4.19. The normalized spacial score (nSPS) is 11.6. The maximum Gasteiger partial charge on any atom is 0.243 e. The number of carbonyl (C=O) groups excluding carboxylic acids is 1. The highest BCUT2D eigenvalue weighted by Crippen LogP contribution is 2.19. The SMILES string of the molecule is CCN(CC)S(=O)(=O)c1cccc(NC(=O)CCCl)c1. The van der Waals surface area contributed by atoms with Crippen LogP contribution in [0.25, 0.3) is 0 Å². The van der Waals surface area contributed by atoms with Crippen molar-refractivity contribution in [1.82, 2.24) is 4.31 Å². The number of alkyl halides is 1. The fraction of sp³-hybridized carbons (Fsp3) is 0.462. The van der Waals surface area contributed by atoms with Crippen LogP contribution in [0.2, 0.25) is 0 Å². The molecule has 20 heavy (non-hydrogen) atoms. The van der Waals surface area contributed by atoms with E-state index in [-0.39, 0.29) is 23.1 Å². The van der Waals surface area contributed by atoms with Gasteiger partial charge in [0, 0.05) is 31.1 Å². The molecule has 0 heterocycles. The zero-order valence-electron chi connectivity index (χ0n) is 11.6. The van der Waals surface area contributed by atoms with Gasteiger partial charge in [-0.1, -0.05) is 19.9 Å². The van der Waals surface area contributed by atoms with Crippen LogP contribution in [0, 0.1) is 0 Å². The zero-order valence-corrected chi connectivity index (χ0v) is 13.2. The lowest BCUT2D eigenvalue weighted by molar-refractivity contribution is -0.115. The lowest BCUT2D eigenvalue weighted by Crippen LogP contribution is -2.30. The second-order valence-corrected chi connectivity index (χ2v) is 6.42. The third-order valence-corrected chi connectivity index (χ3v) is 5.02. The molecule has 0 unspecified atom stereocenters. The summed E-state index contributed by atoms with van der Waals surface area (Å²) in [4.78, 5) is 11.6. The van der Waals surface area contributed by atoms with E-state index >= 15 is 0 Å². The Labute approximate surface area is 125 Å². The summed E-state index contributed by atoms with van der Waals surface area (Å²) in [6.45, 7) is 4.38. The number of sulfonamides is 1. The van der Waals surface area contributed by atoms with Gasteiger partial charge in [-0.25, -0.2) is 8.42 Å². The highest BCUT2D eigenvalue weighted by Gasteiger charge is 2.21. The summed E-state index contributed by atoms with van der Waals surface area (Å²) in [5, 5.41) is 2.62. The van der Waals surface area contributed by atoms with Crippen molar-refractivity contribution in [2.45, 2.75) is 25.2 Å². The molecular weight excluding hydrogens is 300 g/mol. The molecule has 5 nitrogen and oxygen atoms in total. The number of halogens is 1. The number of nitrogens with one attached hydrogen (secondary N) is 1. The molecule has 1 aromatic rings. The molecule has 0 saturated carbocycles. The van der Waals surface area contributed by atoms with Crippen molar-refractivity contribution in [1.29, 1.82) is 0 Å². The highest BCUT2D eigenvalue weighted by atomic mass is 35.5. The predicted octanol–water partition coefficient (Wildman–Crippen LogP) is 2.28. The molecule has 112 valence electrons. The smallest absolute Gasteiger partial charge is 0.243 e. The predicted molar refractivity (Wildman–Crippen MR) is 80.5 cm³/mol. The third-order valence-electron chi connectivity index (χ3n) is 2.78. The van der Waals surface area contributed by atoms with Crippen LogP contribution in [-0.4, -0.2) is 37.6 Å². The Bertz CT molecular complexity index is 556. The van der Waals surface area contributed by atoms with Crippen LogP contribution in [0.15, 0.2) is 29.2 Å². The fourth-order valence-electron chi connectivity index (χ4n) is 1.76. The largest absolute Gasteiger partial charge is 0.326 e. The fourth-order valence-corrected chi connectivity index (χ4v) is 3.43. The molecule has 7 heteroatoms. The molecule has 1 N–H and O–H groups in total. The van der Waals surface area contributed by atoms with Gasteiger partial charge < -0.3 is 5.32 Å². The molecule has 1 amide bonds. The number of hydrogen-bond donors (Lipinski definition) is 1.